The van der Waals surface area contributed by atoms with Crippen molar-refractivity contribution in [3.63, 3.8) is 0 Å². The predicted octanol–water partition coefficient (Wildman–Crippen LogP) is 3.13. The summed E-state index contributed by atoms with van der Waals surface area (Å²) in [5.74, 6) is -5.87. The van der Waals surface area contributed by atoms with Gasteiger partial charge in [0.2, 0.25) is 0 Å². The van der Waals surface area contributed by atoms with Gasteiger partial charge in [0.05, 0.1) is 22.3 Å². The molecule has 6 rings (SSSR count). The number of rotatable bonds is 12. The number of benzene rings is 6. The van der Waals surface area contributed by atoms with Gasteiger partial charge in [-0.05, 0) is 43.3 Å². The van der Waals surface area contributed by atoms with Crippen LogP contribution >= 0.6 is 0 Å². The summed E-state index contributed by atoms with van der Waals surface area (Å²) in [6.45, 7) is 0. The summed E-state index contributed by atoms with van der Waals surface area (Å²) >= 11 is 0. The Labute approximate surface area is 294 Å². The fraction of sp³-hybridized carbons (Fsp3) is 0. The number of hydrogen-bond donors (Lipinski definition) is 4. The molecule has 51 heavy (non-hydrogen) atoms. The van der Waals surface area contributed by atoms with Gasteiger partial charge in [0, 0.05) is 0 Å². The molecule has 11 heteroatoms. The van der Waals surface area contributed by atoms with Gasteiger partial charge in [-0.1, -0.05) is 146 Å². The molecule has 0 amide bonds. The van der Waals surface area contributed by atoms with E-state index in [0.717, 1.165) is 0 Å². The van der Waals surface area contributed by atoms with Gasteiger partial charge < -0.3 is 24.5 Å². The summed E-state index contributed by atoms with van der Waals surface area (Å²) in [5, 5.41) is 44.6. The fourth-order valence-corrected chi connectivity index (χ4v) is 17.7. The largest absolute Gasteiger partial charge is 0.478 e. The van der Waals surface area contributed by atoms with Crippen LogP contribution in [0.4, 0.5) is 0 Å². The Kier molecular flexibility index (Phi) is 9.60. The molecular formula is C40H30O9Si2. The Morgan fingerprint density at radius 2 is 0.627 bits per heavy atom. The summed E-state index contributed by atoms with van der Waals surface area (Å²) < 4.78 is 7.96. The summed E-state index contributed by atoms with van der Waals surface area (Å²) in [4.78, 5) is 51.8. The number of carboxylic acids is 4. The molecule has 0 saturated heterocycles. The molecule has 6 aromatic carbocycles. The highest BCUT2D eigenvalue weighted by Gasteiger charge is 2.55. The minimum atomic E-state index is -4.32. The second kappa shape index (κ2) is 14.2. The third-order valence-electron chi connectivity index (χ3n) is 8.80. The van der Waals surface area contributed by atoms with Crippen LogP contribution in [0.3, 0.4) is 0 Å². The lowest BCUT2D eigenvalue weighted by Crippen LogP contribution is -2.81. The first-order valence-corrected chi connectivity index (χ1v) is 19.6. The lowest BCUT2D eigenvalue weighted by Gasteiger charge is -2.44. The number of carboxylic acid groups (broad SMARTS) is 4. The van der Waals surface area contributed by atoms with E-state index in [1.807, 2.05) is 0 Å². The molecule has 0 aliphatic heterocycles. The van der Waals surface area contributed by atoms with Crippen molar-refractivity contribution in [2.24, 2.45) is 0 Å². The van der Waals surface area contributed by atoms with E-state index in [9.17, 15) is 39.6 Å². The Balaban J connectivity index is 1.91. The van der Waals surface area contributed by atoms with Crippen LogP contribution in [0.5, 0.6) is 0 Å². The van der Waals surface area contributed by atoms with Gasteiger partial charge in [-0.3, -0.25) is 0 Å². The molecular weight excluding hydrogens is 681 g/mol. The van der Waals surface area contributed by atoms with Gasteiger partial charge in [0.1, 0.15) is 0 Å². The van der Waals surface area contributed by atoms with E-state index in [4.69, 9.17) is 4.12 Å². The summed E-state index contributed by atoms with van der Waals surface area (Å²) in [7, 11) is -8.63. The second-order valence-corrected chi connectivity index (χ2v) is 18.5. The van der Waals surface area contributed by atoms with Gasteiger partial charge in [-0.15, -0.1) is 0 Å². The third-order valence-corrected chi connectivity index (χ3v) is 18.2. The molecule has 9 nitrogen and oxygen atoms in total. The molecule has 0 radical (unpaired) electrons. The van der Waals surface area contributed by atoms with Gasteiger partial charge in [0.15, 0.2) is 0 Å². The molecule has 0 aliphatic carbocycles. The standard InChI is InChI=1S/C40H30O9Si2/c41-37(42)31-23-13-25-33(35(31)39(45)46)50(27-15-5-1-6-16-27,28-17-7-2-8-18-28)49-51(29-19-9-3-10-20-29,30-21-11-4-12-22-30)34-26-14-24-32(38(43)44)36(34)40(47)48/h1-26H,(H,41,42)(H,43,44)(H,45,46)(H,47,48). The highest BCUT2D eigenvalue weighted by molar-refractivity contribution is 7.18. The molecule has 0 aliphatic rings. The highest BCUT2D eigenvalue weighted by Crippen LogP contribution is 2.24. The van der Waals surface area contributed by atoms with E-state index in [0.29, 0.717) is 20.7 Å². The van der Waals surface area contributed by atoms with Crippen LogP contribution in [0.2, 0.25) is 0 Å². The first-order valence-electron chi connectivity index (χ1n) is 15.7. The van der Waals surface area contributed by atoms with Crippen LogP contribution in [-0.4, -0.2) is 60.9 Å². The molecule has 0 unspecified atom stereocenters. The molecule has 0 saturated carbocycles. The Bertz CT molecular complexity index is 2010. The second-order valence-electron chi connectivity index (χ2n) is 11.6. The summed E-state index contributed by atoms with van der Waals surface area (Å²) in [6.07, 6.45) is 0. The quantitative estimate of drug-likeness (QED) is 0.111. The predicted molar refractivity (Wildman–Crippen MR) is 197 cm³/mol. The van der Waals surface area contributed by atoms with Crippen LogP contribution in [0, 0.1) is 0 Å². The van der Waals surface area contributed by atoms with Crippen LogP contribution in [-0.2, 0) is 4.12 Å². The Morgan fingerprint density at radius 3 is 0.863 bits per heavy atom. The van der Waals surface area contributed by atoms with Crippen molar-refractivity contribution in [1.82, 2.24) is 0 Å². The molecule has 0 spiro atoms. The van der Waals surface area contributed by atoms with E-state index in [1.165, 1.54) is 24.3 Å². The van der Waals surface area contributed by atoms with Crippen LogP contribution < -0.4 is 31.1 Å². The lowest BCUT2D eigenvalue weighted by atomic mass is 10.1. The van der Waals surface area contributed by atoms with Crippen molar-refractivity contribution in [2.45, 2.75) is 0 Å². The molecule has 0 aromatic heterocycles. The molecule has 0 bridgehead atoms. The smallest absolute Gasteiger partial charge is 0.336 e. The zero-order valence-corrected chi connectivity index (χ0v) is 28.8. The summed E-state index contributed by atoms with van der Waals surface area (Å²) in [6, 6.07) is 44.2. The maximum Gasteiger partial charge on any atom is 0.336 e. The molecule has 4 N–H and O–H groups in total. The Hall–Kier alpha value is -6.41. The molecule has 0 atom stereocenters. The molecule has 6 aromatic rings. The van der Waals surface area contributed by atoms with Crippen molar-refractivity contribution in [3.05, 3.63) is 180 Å². The number of carbonyl (C=O) groups is 4. The maximum absolute atomic E-state index is 13.3. The van der Waals surface area contributed by atoms with Gasteiger partial charge in [0.25, 0.3) is 16.6 Å². The first-order chi connectivity index (χ1) is 24.6. The lowest BCUT2D eigenvalue weighted by molar-refractivity contribution is 0.0652. The molecule has 0 heterocycles. The van der Waals surface area contributed by atoms with Crippen LogP contribution in [0.25, 0.3) is 0 Å². The van der Waals surface area contributed by atoms with E-state index in [-0.39, 0.29) is 10.4 Å². The monoisotopic (exact) mass is 710 g/mol. The van der Waals surface area contributed by atoms with Crippen LogP contribution in [0.1, 0.15) is 41.4 Å². The molecule has 0 fully saturated rings. The fourth-order valence-electron chi connectivity index (χ4n) is 6.73. The van der Waals surface area contributed by atoms with Gasteiger partial charge >= 0.3 is 23.9 Å². The van der Waals surface area contributed by atoms with Gasteiger partial charge in [-0.25, -0.2) is 19.2 Å². The minimum absolute atomic E-state index is 0.113. The Morgan fingerprint density at radius 1 is 0.353 bits per heavy atom. The van der Waals surface area contributed by atoms with E-state index >= 15 is 0 Å². The first kappa shape index (κ1) is 34.5. The van der Waals surface area contributed by atoms with E-state index in [1.54, 1.807) is 133 Å². The van der Waals surface area contributed by atoms with Crippen molar-refractivity contribution in [2.75, 3.05) is 0 Å². The normalized spacial score (nSPS) is 11.5. The van der Waals surface area contributed by atoms with Crippen molar-refractivity contribution in [3.8, 4) is 0 Å². The number of hydrogen-bond acceptors (Lipinski definition) is 5. The van der Waals surface area contributed by atoms with Crippen molar-refractivity contribution < 1.29 is 43.7 Å². The zero-order valence-electron chi connectivity index (χ0n) is 26.8. The van der Waals surface area contributed by atoms with E-state index < -0.39 is 62.8 Å². The van der Waals surface area contributed by atoms with E-state index in [2.05, 4.69) is 0 Å². The molecule has 252 valence electrons. The highest BCUT2D eigenvalue weighted by atomic mass is 28.4. The third kappa shape index (κ3) is 6.06. The average molecular weight is 711 g/mol. The SMILES string of the molecule is O=C(O)c1cccc([Si](O[Si](c2ccccc2)(c2ccccc2)c2cccc(C(=O)O)c2C(=O)O)(c2ccccc2)c2ccccc2)c1C(=O)O. The number of aromatic carboxylic acids is 4. The zero-order chi connectivity index (χ0) is 36.2. The average Bonchev–Trinajstić information content (AvgIpc) is 3.16. The summed E-state index contributed by atoms with van der Waals surface area (Å²) in [5.41, 5.74) is -1.83. The maximum atomic E-state index is 13.3. The van der Waals surface area contributed by atoms with Crippen molar-refractivity contribution in [1.29, 1.82) is 0 Å². The van der Waals surface area contributed by atoms with Gasteiger partial charge in [-0.2, -0.15) is 0 Å². The minimum Gasteiger partial charge on any atom is -0.478 e. The topological polar surface area (TPSA) is 158 Å². The van der Waals surface area contributed by atoms with Crippen molar-refractivity contribution >= 4 is 71.6 Å². The van der Waals surface area contributed by atoms with Crippen LogP contribution in [0.15, 0.2) is 158 Å².